The van der Waals surface area contributed by atoms with Crippen molar-refractivity contribution in [1.29, 1.82) is 0 Å². The van der Waals surface area contributed by atoms with E-state index in [2.05, 4.69) is 5.32 Å². The lowest BCUT2D eigenvalue weighted by molar-refractivity contribution is -0.115. The standard InChI is InChI=1S/C19H22ClNO3/c1-4-19(23)21-17-7-5-6-14(10-22)15(17)11-24-18-9-13(3)12(2)8-16(18)20/h5-9,22H,4,10-11H2,1-3H3,(H,21,23). The van der Waals surface area contributed by atoms with E-state index in [1.54, 1.807) is 19.1 Å². The Kier molecular flexibility index (Phi) is 6.23. The van der Waals surface area contributed by atoms with E-state index in [-0.39, 0.29) is 19.1 Å². The van der Waals surface area contributed by atoms with Crippen molar-refractivity contribution in [2.24, 2.45) is 0 Å². The first kappa shape index (κ1) is 18.3. The highest BCUT2D eigenvalue weighted by Gasteiger charge is 2.12. The second-order valence-electron chi connectivity index (χ2n) is 5.66. The fourth-order valence-electron chi connectivity index (χ4n) is 2.32. The zero-order chi connectivity index (χ0) is 17.7. The number of hydrogen-bond donors (Lipinski definition) is 2. The molecule has 1 amide bonds. The van der Waals surface area contributed by atoms with Gasteiger partial charge < -0.3 is 15.2 Å². The van der Waals surface area contributed by atoms with E-state index in [1.165, 1.54) is 0 Å². The molecule has 2 aromatic carbocycles. The number of nitrogens with one attached hydrogen (secondary N) is 1. The minimum absolute atomic E-state index is 0.0875. The SMILES string of the molecule is CCC(=O)Nc1cccc(CO)c1COc1cc(C)c(C)cc1Cl. The summed E-state index contributed by atoms with van der Waals surface area (Å²) in [4.78, 5) is 11.7. The Balaban J connectivity index is 2.28. The molecule has 0 heterocycles. The number of carbonyl (C=O) groups excluding carboxylic acids is 1. The molecule has 2 N–H and O–H groups in total. The quantitative estimate of drug-likeness (QED) is 0.815. The smallest absolute Gasteiger partial charge is 0.224 e. The van der Waals surface area contributed by atoms with Crippen LogP contribution >= 0.6 is 11.6 Å². The molecule has 0 fully saturated rings. The number of ether oxygens (including phenoxy) is 1. The van der Waals surface area contributed by atoms with Gasteiger partial charge in [0.1, 0.15) is 12.4 Å². The minimum Gasteiger partial charge on any atom is -0.487 e. The van der Waals surface area contributed by atoms with Crippen molar-refractivity contribution < 1.29 is 14.6 Å². The molecule has 0 atom stereocenters. The van der Waals surface area contributed by atoms with E-state index in [4.69, 9.17) is 16.3 Å². The van der Waals surface area contributed by atoms with Gasteiger partial charge in [0.05, 0.1) is 11.6 Å². The number of amides is 1. The van der Waals surface area contributed by atoms with Crippen LogP contribution in [0.5, 0.6) is 5.75 Å². The Labute approximate surface area is 147 Å². The Morgan fingerprint density at radius 1 is 1.25 bits per heavy atom. The number of rotatable bonds is 6. The van der Waals surface area contributed by atoms with Gasteiger partial charge in [-0.15, -0.1) is 0 Å². The molecule has 0 spiro atoms. The summed E-state index contributed by atoms with van der Waals surface area (Å²) in [6.07, 6.45) is 0.382. The molecule has 0 aliphatic rings. The van der Waals surface area contributed by atoms with Crippen LogP contribution in [0.1, 0.15) is 35.6 Å². The second kappa shape index (κ2) is 8.18. The van der Waals surface area contributed by atoms with Crippen molar-refractivity contribution >= 4 is 23.2 Å². The van der Waals surface area contributed by atoms with Crippen molar-refractivity contribution in [2.45, 2.75) is 40.4 Å². The lowest BCUT2D eigenvalue weighted by Crippen LogP contribution is -2.13. The van der Waals surface area contributed by atoms with Crippen molar-refractivity contribution in [2.75, 3.05) is 5.32 Å². The number of hydrogen-bond acceptors (Lipinski definition) is 3. The number of halogens is 1. The van der Waals surface area contributed by atoms with Crippen LogP contribution < -0.4 is 10.1 Å². The Morgan fingerprint density at radius 2 is 1.96 bits per heavy atom. The van der Waals surface area contributed by atoms with Crippen LogP contribution in [0.2, 0.25) is 5.02 Å². The van der Waals surface area contributed by atoms with Gasteiger partial charge in [-0.25, -0.2) is 0 Å². The zero-order valence-electron chi connectivity index (χ0n) is 14.1. The zero-order valence-corrected chi connectivity index (χ0v) is 14.9. The first-order valence-electron chi connectivity index (χ1n) is 7.87. The van der Waals surface area contributed by atoms with Crippen LogP contribution in [0.15, 0.2) is 30.3 Å². The maximum Gasteiger partial charge on any atom is 0.224 e. The Morgan fingerprint density at radius 3 is 2.62 bits per heavy atom. The van der Waals surface area contributed by atoms with Crippen LogP contribution in [-0.2, 0) is 18.0 Å². The molecule has 0 bridgehead atoms. The number of benzene rings is 2. The highest BCUT2D eigenvalue weighted by Crippen LogP contribution is 2.30. The van der Waals surface area contributed by atoms with Crippen molar-refractivity contribution in [3.05, 3.63) is 57.6 Å². The van der Waals surface area contributed by atoms with E-state index in [9.17, 15) is 9.90 Å². The van der Waals surface area contributed by atoms with Crippen molar-refractivity contribution in [3.63, 3.8) is 0 Å². The summed E-state index contributed by atoms with van der Waals surface area (Å²) >= 11 is 6.24. The van der Waals surface area contributed by atoms with Gasteiger partial charge in [-0.1, -0.05) is 30.7 Å². The average Bonchev–Trinajstić information content (AvgIpc) is 2.57. The maximum atomic E-state index is 11.7. The van der Waals surface area contributed by atoms with Crippen LogP contribution in [0.3, 0.4) is 0 Å². The number of aliphatic hydroxyl groups excluding tert-OH is 1. The fourth-order valence-corrected chi connectivity index (χ4v) is 2.60. The second-order valence-corrected chi connectivity index (χ2v) is 6.07. The number of aryl methyl sites for hydroxylation is 2. The molecule has 128 valence electrons. The highest BCUT2D eigenvalue weighted by molar-refractivity contribution is 6.32. The van der Waals surface area contributed by atoms with Gasteiger partial charge in [-0.05, 0) is 48.7 Å². The van der Waals surface area contributed by atoms with Gasteiger partial charge >= 0.3 is 0 Å². The molecule has 0 aliphatic heterocycles. The van der Waals surface area contributed by atoms with E-state index in [1.807, 2.05) is 32.0 Å². The molecule has 2 rings (SSSR count). The molecule has 5 heteroatoms. The van der Waals surface area contributed by atoms with Crippen LogP contribution in [-0.4, -0.2) is 11.0 Å². The first-order chi connectivity index (χ1) is 11.5. The predicted octanol–water partition coefficient (Wildman–Crippen LogP) is 4.38. The topological polar surface area (TPSA) is 58.6 Å². The average molecular weight is 348 g/mol. The normalized spacial score (nSPS) is 10.5. The summed E-state index contributed by atoms with van der Waals surface area (Å²) < 4.78 is 5.86. The molecule has 24 heavy (non-hydrogen) atoms. The summed E-state index contributed by atoms with van der Waals surface area (Å²) in [6.45, 7) is 5.85. The summed E-state index contributed by atoms with van der Waals surface area (Å²) in [7, 11) is 0. The highest BCUT2D eigenvalue weighted by atomic mass is 35.5. The molecule has 0 saturated carbocycles. The van der Waals surface area contributed by atoms with Crippen molar-refractivity contribution in [3.8, 4) is 5.75 Å². The largest absolute Gasteiger partial charge is 0.487 e. The molecular formula is C19H22ClNO3. The van der Waals surface area contributed by atoms with Crippen molar-refractivity contribution in [1.82, 2.24) is 0 Å². The lowest BCUT2D eigenvalue weighted by Gasteiger charge is -2.16. The van der Waals surface area contributed by atoms with Gasteiger partial charge in [0, 0.05) is 17.7 Å². The maximum absolute atomic E-state index is 11.7. The number of carbonyl (C=O) groups is 1. The van der Waals surface area contributed by atoms with E-state index < -0.39 is 0 Å². The molecule has 0 aliphatic carbocycles. The van der Waals surface area contributed by atoms with Crippen LogP contribution in [0.4, 0.5) is 5.69 Å². The molecule has 4 nitrogen and oxygen atoms in total. The molecule has 0 radical (unpaired) electrons. The molecule has 2 aromatic rings. The number of aliphatic hydroxyl groups is 1. The van der Waals surface area contributed by atoms with Gasteiger partial charge in [0.15, 0.2) is 0 Å². The van der Waals surface area contributed by atoms with Gasteiger partial charge in [0.2, 0.25) is 5.91 Å². The van der Waals surface area contributed by atoms with E-state index in [0.29, 0.717) is 28.4 Å². The monoisotopic (exact) mass is 347 g/mol. The lowest BCUT2D eigenvalue weighted by atomic mass is 10.1. The summed E-state index contributed by atoms with van der Waals surface area (Å²) in [5, 5.41) is 13.0. The molecule has 0 aromatic heterocycles. The van der Waals surface area contributed by atoms with Gasteiger partial charge in [0.25, 0.3) is 0 Å². The Bertz CT molecular complexity index is 744. The first-order valence-corrected chi connectivity index (χ1v) is 8.25. The molecule has 0 unspecified atom stereocenters. The van der Waals surface area contributed by atoms with E-state index in [0.717, 1.165) is 16.7 Å². The summed E-state index contributed by atoms with van der Waals surface area (Å²) in [6, 6.07) is 9.16. The molecule has 0 saturated heterocycles. The van der Waals surface area contributed by atoms with Crippen LogP contribution in [0, 0.1) is 13.8 Å². The van der Waals surface area contributed by atoms with E-state index >= 15 is 0 Å². The fraction of sp³-hybridized carbons (Fsp3) is 0.316. The van der Waals surface area contributed by atoms with Gasteiger partial charge in [-0.2, -0.15) is 0 Å². The third-order valence-corrected chi connectivity index (χ3v) is 4.25. The summed E-state index contributed by atoms with van der Waals surface area (Å²) in [5.74, 6) is 0.496. The van der Waals surface area contributed by atoms with Gasteiger partial charge in [-0.3, -0.25) is 4.79 Å². The number of anilines is 1. The third kappa shape index (κ3) is 4.28. The van der Waals surface area contributed by atoms with Crippen LogP contribution in [0.25, 0.3) is 0 Å². The molecular weight excluding hydrogens is 326 g/mol. The third-order valence-electron chi connectivity index (χ3n) is 3.96. The summed E-state index contributed by atoms with van der Waals surface area (Å²) in [5.41, 5.74) is 4.29. The minimum atomic E-state index is -0.130. The Hall–Kier alpha value is -2.04. The predicted molar refractivity (Wildman–Crippen MR) is 96.5 cm³/mol.